The van der Waals surface area contributed by atoms with Gasteiger partial charge in [0.05, 0.1) is 22.8 Å². The third kappa shape index (κ3) is 4.14. The van der Waals surface area contributed by atoms with Crippen molar-refractivity contribution in [3.8, 4) is 22.7 Å². The number of hydrogen-bond acceptors (Lipinski definition) is 5. The molecule has 0 saturated carbocycles. The van der Waals surface area contributed by atoms with Crippen LogP contribution in [0.5, 0.6) is 0 Å². The molecule has 0 amide bonds. The standard InChI is InChI=1S/C23H18Cl2N4O2/c24-15-3-5-19(25)17(10-15)21-6-4-16(31-21)12-29-9-7-20-18(13-29)23(30)28-22(27-20)14-2-1-8-26-11-14/h1-6,8,10-11H,7,9,12-13H2,(H,27,28,30). The number of nitrogens with one attached hydrogen (secondary N) is 1. The molecule has 4 heterocycles. The molecule has 0 saturated heterocycles. The zero-order valence-electron chi connectivity index (χ0n) is 16.4. The lowest BCUT2D eigenvalue weighted by atomic mass is 10.1. The van der Waals surface area contributed by atoms with Gasteiger partial charge in [0.25, 0.3) is 5.56 Å². The Bertz CT molecular complexity index is 1300. The Balaban J connectivity index is 1.34. The Kier molecular flexibility index (Phi) is 5.36. The molecule has 31 heavy (non-hydrogen) atoms. The molecule has 0 unspecified atom stereocenters. The van der Waals surface area contributed by atoms with Crippen LogP contribution in [-0.2, 0) is 19.5 Å². The van der Waals surface area contributed by atoms with E-state index in [0.29, 0.717) is 46.7 Å². The number of pyridine rings is 1. The Hall–Kier alpha value is -2.93. The van der Waals surface area contributed by atoms with Crippen molar-refractivity contribution in [1.29, 1.82) is 0 Å². The summed E-state index contributed by atoms with van der Waals surface area (Å²) >= 11 is 12.4. The van der Waals surface area contributed by atoms with E-state index in [2.05, 4.69) is 19.9 Å². The van der Waals surface area contributed by atoms with Gasteiger partial charge in [-0.1, -0.05) is 23.2 Å². The second kappa shape index (κ2) is 8.30. The summed E-state index contributed by atoms with van der Waals surface area (Å²) in [5.41, 5.74) is 2.98. The van der Waals surface area contributed by atoms with Crippen molar-refractivity contribution in [3.05, 3.63) is 92.3 Å². The average molecular weight is 453 g/mol. The van der Waals surface area contributed by atoms with Crippen molar-refractivity contribution >= 4 is 23.2 Å². The third-order valence-corrected chi connectivity index (χ3v) is 5.88. The zero-order chi connectivity index (χ0) is 21.4. The van der Waals surface area contributed by atoms with E-state index in [-0.39, 0.29) is 5.56 Å². The molecule has 0 spiro atoms. The van der Waals surface area contributed by atoms with Gasteiger partial charge in [0.15, 0.2) is 0 Å². The molecule has 1 aliphatic rings. The van der Waals surface area contributed by atoms with Gasteiger partial charge in [0.1, 0.15) is 17.3 Å². The van der Waals surface area contributed by atoms with E-state index in [0.717, 1.165) is 29.1 Å². The molecule has 4 aromatic rings. The molecular weight excluding hydrogens is 435 g/mol. The fraction of sp³-hybridized carbons (Fsp3) is 0.174. The van der Waals surface area contributed by atoms with Crippen molar-refractivity contribution in [2.75, 3.05) is 6.54 Å². The van der Waals surface area contributed by atoms with Crippen LogP contribution in [0.15, 0.2) is 64.1 Å². The quantitative estimate of drug-likeness (QED) is 0.473. The summed E-state index contributed by atoms with van der Waals surface area (Å²) in [5.74, 6) is 2.02. The lowest BCUT2D eigenvalue weighted by molar-refractivity contribution is 0.223. The first-order valence-corrected chi connectivity index (χ1v) is 10.6. The molecule has 1 N–H and O–H groups in total. The minimum absolute atomic E-state index is 0.112. The maximum Gasteiger partial charge on any atom is 0.255 e. The van der Waals surface area contributed by atoms with Gasteiger partial charge >= 0.3 is 0 Å². The highest BCUT2D eigenvalue weighted by Crippen LogP contribution is 2.32. The predicted molar refractivity (Wildman–Crippen MR) is 120 cm³/mol. The summed E-state index contributed by atoms with van der Waals surface area (Å²) in [6, 6.07) is 12.8. The van der Waals surface area contributed by atoms with Crippen molar-refractivity contribution in [2.45, 2.75) is 19.5 Å². The number of furan rings is 1. The minimum atomic E-state index is -0.112. The highest BCUT2D eigenvalue weighted by molar-refractivity contribution is 6.35. The number of nitrogens with zero attached hydrogens (tertiary/aromatic N) is 3. The van der Waals surface area contributed by atoms with Crippen LogP contribution in [0.2, 0.25) is 10.0 Å². The number of H-pyrrole nitrogens is 1. The van der Waals surface area contributed by atoms with Crippen LogP contribution in [0.1, 0.15) is 17.0 Å². The van der Waals surface area contributed by atoms with Crippen LogP contribution in [-0.4, -0.2) is 26.4 Å². The van der Waals surface area contributed by atoms with Gasteiger partial charge in [-0.2, -0.15) is 0 Å². The molecule has 0 bridgehead atoms. The summed E-state index contributed by atoms with van der Waals surface area (Å²) in [7, 11) is 0. The largest absolute Gasteiger partial charge is 0.460 e. The van der Waals surface area contributed by atoms with E-state index in [4.69, 9.17) is 27.6 Å². The van der Waals surface area contributed by atoms with E-state index >= 15 is 0 Å². The number of hydrogen-bond donors (Lipinski definition) is 1. The van der Waals surface area contributed by atoms with Crippen molar-refractivity contribution in [3.63, 3.8) is 0 Å². The smallest absolute Gasteiger partial charge is 0.255 e. The summed E-state index contributed by atoms with van der Waals surface area (Å²) in [4.78, 5) is 26.6. The van der Waals surface area contributed by atoms with Crippen LogP contribution >= 0.6 is 23.2 Å². The molecule has 8 heteroatoms. The van der Waals surface area contributed by atoms with E-state index in [1.807, 2.05) is 24.3 Å². The third-order valence-electron chi connectivity index (χ3n) is 5.32. The number of benzene rings is 1. The Morgan fingerprint density at radius 1 is 1.16 bits per heavy atom. The molecule has 0 atom stereocenters. The summed E-state index contributed by atoms with van der Waals surface area (Å²) in [5, 5.41) is 1.18. The highest BCUT2D eigenvalue weighted by Gasteiger charge is 2.22. The Morgan fingerprint density at radius 2 is 2.06 bits per heavy atom. The monoisotopic (exact) mass is 452 g/mol. The topological polar surface area (TPSA) is 75.0 Å². The van der Waals surface area contributed by atoms with Crippen LogP contribution < -0.4 is 5.56 Å². The first-order valence-electron chi connectivity index (χ1n) is 9.86. The second-order valence-corrected chi connectivity index (χ2v) is 8.28. The van der Waals surface area contributed by atoms with Crippen molar-refractivity contribution < 1.29 is 4.42 Å². The van der Waals surface area contributed by atoms with Crippen molar-refractivity contribution in [2.24, 2.45) is 0 Å². The van der Waals surface area contributed by atoms with Crippen LogP contribution in [0.4, 0.5) is 0 Å². The van der Waals surface area contributed by atoms with Gasteiger partial charge in [0, 0.05) is 48.1 Å². The summed E-state index contributed by atoms with van der Waals surface area (Å²) < 4.78 is 6.01. The van der Waals surface area contributed by atoms with Crippen LogP contribution in [0.3, 0.4) is 0 Å². The lowest BCUT2D eigenvalue weighted by Gasteiger charge is -2.26. The van der Waals surface area contributed by atoms with Crippen LogP contribution in [0, 0.1) is 0 Å². The van der Waals surface area contributed by atoms with Gasteiger partial charge in [-0.05, 0) is 42.5 Å². The lowest BCUT2D eigenvalue weighted by Crippen LogP contribution is -2.35. The summed E-state index contributed by atoms with van der Waals surface area (Å²) in [6.45, 7) is 1.88. The number of fused-ring (bicyclic) bond motifs is 1. The molecule has 156 valence electrons. The van der Waals surface area contributed by atoms with E-state index < -0.39 is 0 Å². The number of aromatic amines is 1. The maximum absolute atomic E-state index is 12.7. The SMILES string of the molecule is O=c1[nH]c(-c2cccnc2)nc2c1CN(Cc1ccc(-c3cc(Cl)ccc3Cl)o1)CC2. The predicted octanol–water partition coefficient (Wildman–Crippen LogP) is 4.96. The fourth-order valence-electron chi connectivity index (χ4n) is 3.77. The molecule has 1 aromatic carbocycles. The maximum atomic E-state index is 12.7. The molecule has 0 aliphatic carbocycles. The van der Waals surface area contributed by atoms with E-state index in [1.165, 1.54) is 0 Å². The first-order chi connectivity index (χ1) is 15.1. The normalized spacial score (nSPS) is 13.9. The van der Waals surface area contributed by atoms with Gasteiger partial charge in [-0.3, -0.25) is 14.7 Å². The summed E-state index contributed by atoms with van der Waals surface area (Å²) in [6.07, 6.45) is 4.08. The highest BCUT2D eigenvalue weighted by atomic mass is 35.5. The number of aromatic nitrogens is 3. The van der Waals surface area contributed by atoms with Crippen molar-refractivity contribution in [1.82, 2.24) is 19.9 Å². The zero-order valence-corrected chi connectivity index (χ0v) is 18.0. The van der Waals surface area contributed by atoms with Gasteiger partial charge in [-0.25, -0.2) is 4.98 Å². The van der Waals surface area contributed by atoms with Crippen LogP contribution in [0.25, 0.3) is 22.7 Å². The molecular formula is C23H18Cl2N4O2. The second-order valence-electron chi connectivity index (χ2n) is 7.43. The fourth-order valence-corrected chi connectivity index (χ4v) is 4.15. The van der Waals surface area contributed by atoms with Gasteiger partial charge < -0.3 is 9.40 Å². The van der Waals surface area contributed by atoms with Gasteiger partial charge in [-0.15, -0.1) is 0 Å². The molecule has 1 aliphatic heterocycles. The molecule has 5 rings (SSSR count). The molecule has 0 fully saturated rings. The first kappa shape index (κ1) is 20.0. The molecule has 3 aromatic heterocycles. The average Bonchev–Trinajstić information content (AvgIpc) is 3.24. The van der Waals surface area contributed by atoms with E-state index in [9.17, 15) is 4.79 Å². The minimum Gasteiger partial charge on any atom is -0.460 e. The number of rotatable bonds is 4. The Labute approximate surface area is 188 Å². The Morgan fingerprint density at radius 3 is 2.90 bits per heavy atom. The van der Waals surface area contributed by atoms with Gasteiger partial charge in [0.2, 0.25) is 0 Å². The molecule has 0 radical (unpaired) electrons. The molecule has 6 nitrogen and oxygen atoms in total. The van der Waals surface area contributed by atoms with E-state index in [1.54, 1.807) is 30.6 Å². The number of halogens is 2.